The van der Waals surface area contributed by atoms with Crippen LogP contribution in [0.5, 0.6) is 0 Å². The first-order valence-electron chi connectivity index (χ1n) is 25.1. The summed E-state index contributed by atoms with van der Waals surface area (Å²) in [5.74, 6) is -73.4. The third-order valence-corrected chi connectivity index (χ3v) is 15.7. The van der Waals surface area contributed by atoms with E-state index in [2.05, 4.69) is 0 Å². The Kier molecular flexibility index (Phi) is 17.3. The van der Waals surface area contributed by atoms with E-state index >= 15 is 70.2 Å². The van der Waals surface area contributed by atoms with Crippen molar-refractivity contribution in [2.75, 3.05) is 13.1 Å². The van der Waals surface area contributed by atoms with E-state index in [9.17, 15) is 43.9 Å². The second-order valence-electron chi connectivity index (χ2n) is 20.1. The first kappa shape index (κ1) is 62.3. The van der Waals surface area contributed by atoms with Crippen molar-refractivity contribution in [3.63, 3.8) is 0 Å². The maximum atomic E-state index is 16.9. The monoisotopic (exact) mass is 1220 g/mol. The average molecular weight is 1220 g/mol. The normalized spacial score (nSPS) is 19.1. The lowest BCUT2D eigenvalue weighted by atomic mass is 9.02. The van der Waals surface area contributed by atoms with E-state index in [1.165, 1.54) is 0 Å². The minimum atomic E-state index is -5.79. The zero-order valence-electron chi connectivity index (χ0n) is 42.2. The molecule has 83 heavy (non-hydrogen) atoms. The molecule has 0 spiro atoms. The van der Waals surface area contributed by atoms with Crippen LogP contribution in [0.4, 0.5) is 120 Å². The smallest absolute Gasteiger partial charge is 0.300 e. The number of hydrogen-bond acceptors (Lipinski definition) is 0. The number of fused-ring (bicyclic) bond motifs is 4. The number of halogens is 26. The standard InChI is InChI=1S/C36H8BF20.C19H27F6N/c38-9-1-5-13(25(46)21(9)42)29(50)33(54)17(5)37(18-6-2-10(39)22(43)26(47)14(6)30(51)34(18)55,19-7-3-11(40)23(44)27(48)15(7)31(52)35(19)56)20-8-4-12(41)24(45)28(49)16(8)32(53)36(20)57;1-3-5-7-9-11-26(12-10-8-6-4-2)15-13-14(20)17(21)16(18(15)22)19(23,24)25/h1-4,17-20H;13H,3-12H2,1-2H3/q-1;/p+1. The molecule has 0 saturated heterocycles. The number of unbranched alkanes of at least 4 members (excludes halogenated alkanes) is 6. The zero-order valence-corrected chi connectivity index (χ0v) is 42.2. The van der Waals surface area contributed by atoms with Crippen LogP contribution in [0.1, 0.15) is 139 Å². The van der Waals surface area contributed by atoms with Crippen LogP contribution in [0.15, 0.2) is 53.6 Å². The number of alkyl halides is 3. The van der Waals surface area contributed by atoms with Crippen LogP contribution in [0.2, 0.25) is 0 Å². The first-order valence-corrected chi connectivity index (χ1v) is 25.1. The van der Waals surface area contributed by atoms with Crippen molar-refractivity contribution in [2.45, 2.75) is 94.7 Å². The Morgan fingerprint density at radius 2 is 0.602 bits per heavy atom. The van der Waals surface area contributed by atoms with Crippen molar-refractivity contribution in [3.05, 3.63) is 191 Å². The number of rotatable bonds is 15. The third-order valence-electron chi connectivity index (χ3n) is 15.7. The summed E-state index contributed by atoms with van der Waals surface area (Å²) in [6.45, 7) is 4.84. The molecule has 0 aromatic heterocycles. The van der Waals surface area contributed by atoms with Gasteiger partial charge in [-0.1, -0.05) is 85.1 Å². The van der Waals surface area contributed by atoms with Crippen molar-refractivity contribution in [2.24, 2.45) is 0 Å². The summed E-state index contributed by atoms with van der Waals surface area (Å²) in [6, 6.07) is -0.921. The van der Waals surface area contributed by atoms with Gasteiger partial charge in [0, 0.05) is 6.07 Å². The van der Waals surface area contributed by atoms with E-state index in [0.29, 0.717) is 36.9 Å². The van der Waals surface area contributed by atoms with Gasteiger partial charge < -0.3 is 0 Å². The lowest BCUT2D eigenvalue weighted by Gasteiger charge is -2.57. The Bertz CT molecular complexity index is 3250. The van der Waals surface area contributed by atoms with Crippen LogP contribution in [-0.2, 0) is 6.18 Å². The lowest BCUT2D eigenvalue weighted by Crippen LogP contribution is -3.07. The number of allylic oxidation sites excluding steroid dienone is 4. The number of quaternary nitrogens is 1. The van der Waals surface area contributed by atoms with E-state index < -0.39 is 225 Å². The highest BCUT2D eigenvalue weighted by Crippen LogP contribution is 2.71. The Morgan fingerprint density at radius 1 is 0.337 bits per heavy atom. The molecule has 1 N–H and O–H groups in total. The summed E-state index contributed by atoms with van der Waals surface area (Å²) in [7, 11) is 0. The highest BCUT2D eigenvalue weighted by Gasteiger charge is 2.65. The Hall–Kier alpha value is -6.74. The van der Waals surface area contributed by atoms with E-state index in [1.807, 2.05) is 13.8 Å². The molecule has 28 heteroatoms. The topological polar surface area (TPSA) is 4.44 Å². The maximum absolute atomic E-state index is 16.9. The molecule has 9 rings (SSSR count). The molecule has 4 atom stereocenters. The molecule has 4 unspecified atom stereocenters. The Labute approximate surface area is 452 Å². The number of benzene rings is 5. The fraction of sp³-hybridized carbons (Fsp3) is 0.309. The molecule has 0 amide bonds. The molecule has 5 aromatic rings. The predicted octanol–water partition coefficient (Wildman–Crippen LogP) is 18.7. The number of hydrogen-bond donors (Lipinski definition) is 1. The molecule has 0 saturated carbocycles. The van der Waals surface area contributed by atoms with Gasteiger partial charge in [-0.2, -0.15) is 17.6 Å². The Balaban J connectivity index is 0.000000292. The molecule has 4 aliphatic rings. The van der Waals surface area contributed by atoms with Gasteiger partial charge in [0.15, 0.2) is 116 Å². The molecule has 4 aliphatic carbocycles. The molecule has 0 heterocycles. The number of nitrogens with one attached hydrogen (secondary N) is 1. The fourth-order valence-electron chi connectivity index (χ4n) is 12.3. The van der Waals surface area contributed by atoms with E-state index in [-0.39, 0.29) is 24.3 Å². The van der Waals surface area contributed by atoms with Crippen LogP contribution >= 0.6 is 0 Å². The SMILES string of the molecule is CCCCCC[NH+](CCCCCC)c1cc(F)c(F)c(C(F)(F)F)c1F.FC1=C(F)C([B-](C2C(F)=C(F)c3c2cc(F)c(F)c3F)(C2C(F)=C(F)c3c2cc(F)c(F)c3F)C2C(F)=C(F)c3c2cc(F)c(F)c3F)c2cc(F)c(F)c(F)c21. The fourth-order valence-corrected chi connectivity index (χ4v) is 12.3. The first-order chi connectivity index (χ1) is 38.9. The summed E-state index contributed by atoms with van der Waals surface area (Å²) in [4.78, 5) is 0.444. The molecule has 446 valence electrons. The highest BCUT2D eigenvalue weighted by atomic mass is 19.4. The van der Waals surface area contributed by atoms with Gasteiger partial charge in [0.25, 0.3) is 0 Å². The van der Waals surface area contributed by atoms with Crippen molar-refractivity contribution >= 4 is 35.1 Å². The average Bonchev–Trinajstić information content (AvgIpc) is 4.26. The van der Waals surface area contributed by atoms with E-state index in [1.54, 1.807) is 0 Å². The zero-order chi connectivity index (χ0) is 61.5. The molecular formula is C55H36BF26N. The van der Waals surface area contributed by atoms with Crippen LogP contribution < -0.4 is 4.90 Å². The summed E-state index contributed by atoms with van der Waals surface area (Å²) in [5, 5.41) is 0. The quantitative estimate of drug-likeness (QED) is 0.0350. The molecule has 5 aromatic carbocycles. The van der Waals surface area contributed by atoms with Crippen molar-refractivity contribution in [1.82, 2.24) is 0 Å². The van der Waals surface area contributed by atoms with Gasteiger partial charge >= 0.3 is 6.18 Å². The Morgan fingerprint density at radius 3 is 0.855 bits per heavy atom. The third kappa shape index (κ3) is 9.78. The summed E-state index contributed by atoms with van der Waals surface area (Å²) in [5.41, 5.74) is -18.1. The largest absolute Gasteiger partial charge is 0.422 e. The molecule has 1 nitrogen and oxygen atoms in total. The van der Waals surface area contributed by atoms with Crippen LogP contribution in [-0.4, -0.2) is 19.2 Å². The summed E-state index contributed by atoms with van der Waals surface area (Å²) in [6.07, 6.45) is -4.04. The molecule has 0 bridgehead atoms. The van der Waals surface area contributed by atoms with Crippen LogP contribution in [0, 0.1) is 87.3 Å². The molecule has 0 radical (unpaired) electrons. The molecule has 0 aliphatic heterocycles. The van der Waals surface area contributed by atoms with Gasteiger partial charge in [0.05, 0.1) is 41.5 Å². The van der Waals surface area contributed by atoms with Gasteiger partial charge in [-0.3, -0.25) is 4.90 Å². The molecular weight excluding hydrogens is 1180 g/mol. The van der Waals surface area contributed by atoms with Gasteiger partial charge in [-0.05, 0) is 49.9 Å². The minimum absolute atomic E-state index is 0.375. The van der Waals surface area contributed by atoms with Gasteiger partial charge in [-0.15, -0.1) is 0 Å². The van der Waals surface area contributed by atoms with Crippen LogP contribution in [0.25, 0.3) is 23.3 Å². The summed E-state index contributed by atoms with van der Waals surface area (Å²) >= 11 is 0. The van der Waals surface area contributed by atoms with E-state index in [0.717, 1.165) is 38.5 Å². The lowest BCUT2D eigenvalue weighted by molar-refractivity contribution is -0.834. The van der Waals surface area contributed by atoms with Gasteiger partial charge in [0.2, 0.25) is 0 Å². The maximum Gasteiger partial charge on any atom is 0.422 e. The highest BCUT2D eigenvalue weighted by molar-refractivity contribution is 6.88. The predicted molar refractivity (Wildman–Crippen MR) is 248 cm³/mol. The minimum Gasteiger partial charge on any atom is -0.300 e. The van der Waals surface area contributed by atoms with Crippen molar-refractivity contribution < 1.29 is 119 Å². The van der Waals surface area contributed by atoms with Crippen molar-refractivity contribution in [3.8, 4) is 0 Å². The van der Waals surface area contributed by atoms with Gasteiger partial charge in [0.1, 0.15) is 28.9 Å². The second-order valence-corrected chi connectivity index (χ2v) is 20.1. The molecule has 0 fully saturated rings. The second kappa shape index (κ2) is 23.0. The van der Waals surface area contributed by atoms with E-state index in [4.69, 9.17) is 0 Å². The van der Waals surface area contributed by atoms with Crippen LogP contribution in [0.3, 0.4) is 0 Å². The summed E-state index contributed by atoms with van der Waals surface area (Å²) < 4.78 is 392. The van der Waals surface area contributed by atoms with Gasteiger partial charge in [-0.25, -0.2) is 96.6 Å². The van der Waals surface area contributed by atoms with Crippen molar-refractivity contribution in [1.29, 1.82) is 0 Å².